The van der Waals surface area contributed by atoms with Crippen LogP contribution < -0.4 is 10.4 Å². The highest BCUT2D eigenvalue weighted by Crippen LogP contribution is 2.06. The zero-order valence-electron chi connectivity index (χ0n) is 9.49. The molecule has 0 aromatic carbocycles. The maximum absolute atomic E-state index is 11.3. The van der Waals surface area contributed by atoms with Crippen molar-refractivity contribution in [3.05, 3.63) is 24.4 Å². The molecule has 2 N–H and O–H groups in total. The van der Waals surface area contributed by atoms with Crippen molar-refractivity contribution in [2.45, 2.75) is 6.92 Å². The van der Waals surface area contributed by atoms with Gasteiger partial charge >= 0.3 is 18.0 Å². The van der Waals surface area contributed by atoms with Crippen molar-refractivity contribution in [3.63, 3.8) is 0 Å². The van der Waals surface area contributed by atoms with Gasteiger partial charge in [-0.05, 0) is 19.1 Å². The zero-order valence-corrected chi connectivity index (χ0v) is 9.49. The van der Waals surface area contributed by atoms with Gasteiger partial charge in [-0.1, -0.05) is 6.07 Å². The van der Waals surface area contributed by atoms with E-state index < -0.39 is 18.0 Å². The molecular formula is C10H11N3O5. The highest BCUT2D eigenvalue weighted by molar-refractivity contribution is 6.33. The van der Waals surface area contributed by atoms with Gasteiger partial charge in [0.25, 0.3) is 0 Å². The van der Waals surface area contributed by atoms with E-state index in [1.54, 1.807) is 6.07 Å². The highest BCUT2D eigenvalue weighted by Gasteiger charge is 2.23. The molecule has 0 spiro atoms. The number of anilines is 1. The van der Waals surface area contributed by atoms with E-state index in [4.69, 9.17) is 5.11 Å². The minimum Gasteiger partial charge on any atom is -0.463 e. The van der Waals surface area contributed by atoms with E-state index in [0.717, 1.165) is 0 Å². The van der Waals surface area contributed by atoms with Gasteiger partial charge in [0.05, 0.1) is 6.61 Å². The first kappa shape index (κ1) is 13.4. The molecule has 8 heteroatoms. The quantitative estimate of drug-likeness (QED) is 0.441. The fourth-order valence-electron chi connectivity index (χ4n) is 1.03. The molecule has 2 amide bonds. The number of rotatable bonds is 2. The number of nitrogens with zero attached hydrogens (tertiary/aromatic N) is 2. The van der Waals surface area contributed by atoms with Crippen LogP contribution in [0.15, 0.2) is 24.4 Å². The molecule has 0 saturated carbocycles. The molecule has 0 saturated heterocycles. The molecule has 1 rings (SSSR count). The molecule has 0 radical (unpaired) electrons. The number of pyridine rings is 1. The van der Waals surface area contributed by atoms with Crippen LogP contribution in [0.4, 0.5) is 10.6 Å². The fourth-order valence-corrected chi connectivity index (χ4v) is 1.03. The summed E-state index contributed by atoms with van der Waals surface area (Å²) in [6, 6.07) is 4.48. The van der Waals surface area contributed by atoms with E-state index in [-0.39, 0.29) is 12.4 Å². The average molecular weight is 253 g/mol. The second kappa shape index (κ2) is 6.18. The monoisotopic (exact) mass is 253 g/mol. The van der Waals surface area contributed by atoms with Crippen LogP contribution in [-0.4, -0.2) is 34.7 Å². The standard InChI is InChI=1S/C10H11N3O5/c1-2-18-9(15)8(14)12-13(10(16)17)7-5-3-4-6-11-7/h3-6H,2H2,1H3,(H,12,14)(H,16,17). The topological polar surface area (TPSA) is 109 Å². The maximum atomic E-state index is 11.3. The van der Waals surface area contributed by atoms with Crippen molar-refractivity contribution >= 4 is 23.8 Å². The van der Waals surface area contributed by atoms with Gasteiger partial charge in [0.1, 0.15) is 0 Å². The number of hydrazine groups is 1. The largest absolute Gasteiger partial charge is 0.463 e. The third-order valence-corrected chi connectivity index (χ3v) is 1.74. The Labute approximate surface area is 102 Å². The molecule has 1 aromatic rings. The summed E-state index contributed by atoms with van der Waals surface area (Å²) in [5.74, 6) is -2.40. The first-order chi connectivity index (χ1) is 8.56. The summed E-state index contributed by atoms with van der Waals surface area (Å²) in [5, 5.41) is 9.34. The molecule has 0 bridgehead atoms. The summed E-state index contributed by atoms with van der Waals surface area (Å²) in [6.45, 7) is 1.54. The summed E-state index contributed by atoms with van der Waals surface area (Å²) < 4.78 is 4.43. The van der Waals surface area contributed by atoms with E-state index in [9.17, 15) is 14.4 Å². The molecule has 18 heavy (non-hydrogen) atoms. The number of esters is 1. The van der Waals surface area contributed by atoms with Crippen LogP contribution in [0.1, 0.15) is 6.92 Å². The number of nitrogens with one attached hydrogen (secondary N) is 1. The van der Waals surface area contributed by atoms with E-state index in [1.165, 1.54) is 25.3 Å². The predicted molar refractivity (Wildman–Crippen MR) is 59.5 cm³/mol. The molecule has 0 aliphatic carbocycles. The van der Waals surface area contributed by atoms with Gasteiger partial charge in [-0.2, -0.15) is 5.01 Å². The first-order valence-electron chi connectivity index (χ1n) is 4.98. The number of carbonyl (C=O) groups is 3. The SMILES string of the molecule is CCOC(=O)C(=O)NN(C(=O)O)c1ccccn1. The number of carboxylic acid groups (broad SMARTS) is 1. The molecule has 96 valence electrons. The van der Waals surface area contributed by atoms with Gasteiger partial charge in [-0.25, -0.2) is 20.0 Å². The van der Waals surface area contributed by atoms with Crippen LogP contribution in [-0.2, 0) is 14.3 Å². The van der Waals surface area contributed by atoms with E-state index in [2.05, 4.69) is 9.72 Å². The predicted octanol–water partition coefficient (Wildman–Crippen LogP) is 0.160. The van der Waals surface area contributed by atoms with Crippen molar-refractivity contribution < 1.29 is 24.2 Å². The number of ether oxygens (including phenoxy) is 1. The molecule has 0 atom stereocenters. The smallest absolute Gasteiger partial charge is 0.432 e. The summed E-state index contributed by atoms with van der Waals surface area (Å²) in [6.07, 6.45) is -0.131. The lowest BCUT2D eigenvalue weighted by molar-refractivity contribution is -0.154. The first-order valence-corrected chi connectivity index (χ1v) is 4.98. The van der Waals surface area contributed by atoms with Crippen molar-refractivity contribution in [1.82, 2.24) is 10.4 Å². The van der Waals surface area contributed by atoms with Crippen molar-refractivity contribution in [2.24, 2.45) is 0 Å². The minimum atomic E-state index is -1.48. The summed E-state index contributed by atoms with van der Waals surface area (Å²) >= 11 is 0. The number of amides is 2. The number of hydrogen-bond donors (Lipinski definition) is 2. The molecule has 0 fully saturated rings. The Hall–Kier alpha value is -2.64. The minimum absolute atomic E-state index is 0.0168. The molecule has 0 aliphatic heterocycles. The van der Waals surface area contributed by atoms with Crippen LogP contribution in [0, 0.1) is 0 Å². The van der Waals surface area contributed by atoms with E-state index >= 15 is 0 Å². The lowest BCUT2D eigenvalue weighted by Gasteiger charge is -2.17. The van der Waals surface area contributed by atoms with Crippen molar-refractivity contribution in [3.8, 4) is 0 Å². The van der Waals surface area contributed by atoms with Crippen molar-refractivity contribution in [1.29, 1.82) is 0 Å². The third-order valence-electron chi connectivity index (χ3n) is 1.74. The second-order valence-electron chi connectivity index (χ2n) is 2.97. The normalized spacial score (nSPS) is 9.39. The van der Waals surface area contributed by atoms with Gasteiger partial charge in [0, 0.05) is 6.20 Å². The highest BCUT2D eigenvalue weighted by atomic mass is 16.5. The maximum Gasteiger partial charge on any atom is 0.432 e. The summed E-state index contributed by atoms with van der Waals surface area (Å²) in [5.41, 5.74) is 1.88. The van der Waals surface area contributed by atoms with E-state index in [1.807, 2.05) is 5.43 Å². The molecule has 1 aromatic heterocycles. The van der Waals surface area contributed by atoms with Gasteiger partial charge in [0.15, 0.2) is 5.82 Å². The van der Waals surface area contributed by atoms with Crippen LogP contribution in [0.3, 0.4) is 0 Å². The van der Waals surface area contributed by atoms with Gasteiger partial charge in [-0.3, -0.25) is 4.79 Å². The van der Waals surface area contributed by atoms with E-state index in [0.29, 0.717) is 5.01 Å². The average Bonchev–Trinajstić information content (AvgIpc) is 2.36. The van der Waals surface area contributed by atoms with Gasteiger partial charge < -0.3 is 9.84 Å². The Morgan fingerprint density at radius 1 is 1.44 bits per heavy atom. The number of carbonyl (C=O) groups excluding carboxylic acids is 2. The molecule has 0 unspecified atom stereocenters. The third kappa shape index (κ3) is 3.44. The van der Waals surface area contributed by atoms with Crippen LogP contribution >= 0.6 is 0 Å². The molecular weight excluding hydrogens is 242 g/mol. The Kier molecular flexibility index (Phi) is 4.61. The lowest BCUT2D eigenvalue weighted by atomic mass is 10.4. The summed E-state index contributed by atoms with van der Waals surface area (Å²) in [7, 11) is 0. The van der Waals surface area contributed by atoms with Gasteiger partial charge in [-0.15, -0.1) is 0 Å². The Morgan fingerprint density at radius 2 is 2.17 bits per heavy atom. The van der Waals surface area contributed by atoms with Crippen LogP contribution in [0.5, 0.6) is 0 Å². The lowest BCUT2D eigenvalue weighted by Crippen LogP contribution is -2.49. The Morgan fingerprint density at radius 3 is 2.67 bits per heavy atom. The number of hydrogen-bond acceptors (Lipinski definition) is 5. The number of aromatic nitrogens is 1. The van der Waals surface area contributed by atoms with Gasteiger partial charge in [0.2, 0.25) is 0 Å². The zero-order chi connectivity index (χ0) is 13.5. The fraction of sp³-hybridized carbons (Fsp3) is 0.200. The Bertz CT molecular complexity index is 448. The van der Waals surface area contributed by atoms with Crippen LogP contribution in [0.2, 0.25) is 0 Å². The Balaban J connectivity index is 2.80. The molecule has 0 aliphatic rings. The van der Waals surface area contributed by atoms with Crippen LogP contribution in [0.25, 0.3) is 0 Å². The molecule has 1 heterocycles. The van der Waals surface area contributed by atoms with Crippen molar-refractivity contribution in [2.75, 3.05) is 11.6 Å². The summed E-state index contributed by atoms with van der Waals surface area (Å²) in [4.78, 5) is 37.0. The molecule has 8 nitrogen and oxygen atoms in total. The second-order valence-corrected chi connectivity index (χ2v) is 2.97.